The second kappa shape index (κ2) is 4.45. The van der Waals surface area contributed by atoms with Gasteiger partial charge in [0, 0.05) is 6.04 Å². The van der Waals surface area contributed by atoms with E-state index in [-0.39, 0.29) is 17.9 Å². The molecule has 1 aliphatic heterocycles. The third kappa shape index (κ3) is 2.21. The summed E-state index contributed by atoms with van der Waals surface area (Å²) in [6, 6.07) is 0.286. The van der Waals surface area contributed by atoms with E-state index in [1.807, 2.05) is 13.8 Å². The van der Waals surface area contributed by atoms with Crippen LogP contribution in [-0.4, -0.2) is 25.2 Å². The number of ether oxygens (including phenoxy) is 1. The van der Waals surface area contributed by atoms with Crippen LogP contribution in [0.4, 0.5) is 0 Å². The van der Waals surface area contributed by atoms with E-state index in [2.05, 4.69) is 5.32 Å². The molecular formula is C9H17NO2. The number of hydrogen-bond donors (Lipinski definition) is 1. The molecule has 1 fully saturated rings. The van der Waals surface area contributed by atoms with Gasteiger partial charge in [-0.2, -0.15) is 0 Å². The van der Waals surface area contributed by atoms with Crippen LogP contribution in [0.15, 0.2) is 0 Å². The molecule has 0 aromatic heterocycles. The lowest BCUT2D eigenvalue weighted by molar-refractivity contribution is -0.148. The van der Waals surface area contributed by atoms with Gasteiger partial charge in [-0.3, -0.25) is 4.79 Å². The summed E-state index contributed by atoms with van der Waals surface area (Å²) in [6.45, 7) is 5.53. The molecule has 1 aliphatic rings. The van der Waals surface area contributed by atoms with Crippen LogP contribution in [0.2, 0.25) is 0 Å². The summed E-state index contributed by atoms with van der Waals surface area (Å²) in [5, 5.41) is 3.23. The Labute approximate surface area is 73.5 Å². The van der Waals surface area contributed by atoms with Gasteiger partial charge < -0.3 is 10.1 Å². The van der Waals surface area contributed by atoms with Gasteiger partial charge in [0.25, 0.3) is 0 Å². The average molecular weight is 171 g/mol. The summed E-state index contributed by atoms with van der Waals surface area (Å²) >= 11 is 0. The maximum Gasteiger partial charge on any atom is 0.310 e. The quantitative estimate of drug-likeness (QED) is 0.642. The Balaban J connectivity index is 2.30. The van der Waals surface area contributed by atoms with Crippen molar-refractivity contribution < 1.29 is 9.53 Å². The zero-order valence-corrected chi connectivity index (χ0v) is 7.80. The predicted molar refractivity (Wildman–Crippen MR) is 46.8 cm³/mol. The Morgan fingerprint density at radius 2 is 2.42 bits per heavy atom. The first-order valence-corrected chi connectivity index (χ1v) is 4.65. The molecule has 70 valence electrons. The standard InChI is InChI=1S/C9H17NO2/c1-3-6-12-9(11)8-4-5-10-7(8)2/h7-8,10H,3-6H2,1-2H3. The van der Waals surface area contributed by atoms with Crippen molar-refractivity contribution in [1.82, 2.24) is 5.32 Å². The zero-order valence-electron chi connectivity index (χ0n) is 7.80. The zero-order chi connectivity index (χ0) is 8.97. The summed E-state index contributed by atoms with van der Waals surface area (Å²) in [4.78, 5) is 11.4. The maximum atomic E-state index is 11.4. The molecule has 1 heterocycles. The highest BCUT2D eigenvalue weighted by atomic mass is 16.5. The number of nitrogens with one attached hydrogen (secondary N) is 1. The average Bonchev–Trinajstić information content (AvgIpc) is 2.47. The molecule has 3 nitrogen and oxygen atoms in total. The number of carbonyl (C=O) groups excluding carboxylic acids is 1. The van der Waals surface area contributed by atoms with Crippen molar-refractivity contribution in [3.8, 4) is 0 Å². The van der Waals surface area contributed by atoms with Gasteiger partial charge in [0.2, 0.25) is 0 Å². The number of esters is 1. The number of carbonyl (C=O) groups is 1. The fourth-order valence-electron chi connectivity index (χ4n) is 1.49. The largest absolute Gasteiger partial charge is 0.465 e. The molecule has 1 rings (SSSR count). The van der Waals surface area contributed by atoms with Gasteiger partial charge in [0.1, 0.15) is 0 Å². The Morgan fingerprint density at radius 1 is 1.67 bits per heavy atom. The van der Waals surface area contributed by atoms with Gasteiger partial charge in [0.05, 0.1) is 12.5 Å². The maximum absolute atomic E-state index is 11.4. The summed E-state index contributed by atoms with van der Waals surface area (Å²) in [6.07, 6.45) is 1.82. The molecule has 12 heavy (non-hydrogen) atoms. The van der Waals surface area contributed by atoms with Gasteiger partial charge in [-0.15, -0.1) is 0 Å². The van der Waals surface area contributed by atoms with E-state index in [4.69, 9.17) is 4.74 Å². The molecule has 1 N–H and O–H groups in total. The fourth-order valence-corrected chi connectivity index (χ4v) is 1.49. The topological polar surface area (TPSA) is 38.3 Å². The van der Waals surface area contributed by atoms with Crippen LogP contribution in [-0.2, 0) is 9.53 Å². The van der Waals surface area contributed by atoms with Crippen LogP contribution in [0.1, 0.15) is 26.7 Å². The van der Waals surface area contributed by atoms with E-state index in [1.165, 1.54) is 0 Å². The van der Waals surface area contributed by atoms with Crippen LogP contribution in [0.5, 0.6) is 0 Å². The second-order valence-electron chi connectivity index (χ2n) is 3.31. The molecule has 3 heteroatoms. The molecule has 0 spiro atoms. The van der Waals surface area contributed by atoms with Gasteiger partial charge >= 0.3 is 5.97 Å². The van der Waals surface area contributed by atoms with E-state index in [9.17, 15) is 4.79 Å². The molecule has 0 aliphatic carbocycles. The normalized spacial score (nSPS) is 28.8. The van der Waals surface area contributed by atoms with Crippen molar-refractivity contribution in [3.05, 3.63) is 0 Å². The fraction of sp³-hybridized carbons (Fsp3) is 0.889. The van der Waals surface area contributed by atoms with Crippen molar-refractivity contribution in [2.75, 3.05) is 13.2 Å². The van der Waals surface area contributed by atoms with E-state index >= 15 is 0 Å². The predicted octanol–water partition coefficient (Wildman–Crippen LogP) is 0.938. The molecular weight excluding hydrogens is 154 g/mol. The first-order chi connectivity index (χ1) is 5.75. The highest BCUT2D eigenvalue weighted by Crippen LogP contribution is 2.16. The van der Waals surface area contributed by atoms with Gasteiger partial charge in [0.15, 0.2) is 0 Å². The molecule has 0 aromatic carbocycles. The number of hydrogen-bond acceptors (Lipinski definition) is 3. The molecule has 0 radical (unpaired) electrons. The smallest absolute Gasteiger partial charge is 0.310 e. The monoisotopic (exact) mass is 171 g/mol. The molecule has 0 aromatic rings. The van der Waals surface area contributed by atoms with Gasteiger partial charge in [-0.25, -0.2) is 0 Å². The minimum atomic E-state index is -0.0330. The van der Waals surface area contributed by atoms with Crippen LogP contribution in [0, 0.1) is 5.92 Å². The summed E-state index contributed by atoms with van der Waals surface area (Å²) in [5.74, 6) is 0.0471. The Bertz CT molecular complexity index is 159. The van der Waals surface area contributed by atoms with Crippen LogP contribution in [0.25, 0.3) is 0 Å². The van der Waals surface area contributed by atoms with E-state index < -0.39 is 0 Å². The third-order valence-corrected chi connectivity index (χ3v) is 2.28. The van der Waals surface area contributed by atoms with Crippen molar-refractivity contribution in [1.29, 1.82) is 0 Å². The lowest BCUT2D eigenvalue weighted by atomic mass is 10.0. The van der Waals surface area contributed by atoms with Crippen LogP contribution in [0.3, 0.4) is 0 Å². The van der Waals surface area contributed by atoms with E-state index in [0.717, 1.165) is 19.4 Å². The van der Waals surface area contributed by atoms with Crippen LogP contribution >= 0.6 is 0 Å². The van der Waals surface area contributed by atoms with Gasteiger partial charge in [-0.1, -0.05) is 6.92 Å². The summed E-state index contributed by atoms with van der Waals surface area (Å²) in [5.41, 5.74) is 0. The minimum absolute atomic E-state index is 0.0330. The molecule has 2 atom stereocenters. The van der Waals surface area contributed by atoms with Crippen molar-refractivity contribution in [2.45, 2.75) is 32.7 Å². The number of rotatable bonds is 3. The summed E-state index contributed by atoms with van der Waals surface area (Å²) in [7, 11) is 0. The molecule has 1 saturated heterocycles. The van der Waals surface area contributed by atoms with Crippen molar-refractivity contribution in [3.63, 3.8) is 0 Å². The van der Waals surface area contributed by atoms with Crippen LogP contribution < -0.4 is 5.32 Å². The molecule has 0 bridgehead atoms. The third-order valence-electron chi connectivity index (χ3n) is 2.28. The highest BCUT2D eigenvalue weighted by Gasteiger charge is 2.30. The first-order valence-electron chi connectivity index (χ1n) is 4.65. The Kier molecular flexibility index (Phi) is 3.53. The van der Waals surface area contributed by atoms with E-state index in [1.54, 1.807) is 0 Å². The molecule has 0 amide bonds. The second-order valence-corrected chi connectivity index (χ2v) is 3.31. The molecule has 0 saturated carbocycles. The lowest BCUT2D eigenvalue weighted by Crippen LogP contribution is -2.29. The summed E-state index contributed by atoms with van der Waals surface area (Å²) < 4.78 is 5.07. The van der Waals surface area contributed by atoms with Gasteiger partial charge in [-0.05, 0) is 26.3 Å². The minimum Gasteiger partial charge on any atom is -0.465 e. The Morgan fingerprint density at radius 3 is 2.92 bits per heavy atom. The Hall–Kier alpha value is -0.570. The van der Waals surface area contributed by atoms with Crippen molar-refractivity contribution in [2.24, 2.45) is 5.92 Å². The first kappa shape index (κ1) is 9.52. The SMILES string of the molecule is CCCOC(=O)C1CCNC1C. The highest BCUT2D eigenvalue weighted by molar-refractivity contribution is 5.73. The molecule has 2 unspecified atom stereocenters. The van der Waals surface area contributed by atoms with E-state index in [0.29, 0.717) is 6.61 Å². The lowest BCUT2D eigenvalue weighted by Gasteiger charge is -2.13. The van der Waals surface area contributed by atoms with Crippen molar-refractivity contribution >= 4 is 5.97 Å².